The Bertz CT molecular complexity index is 915. The molecule has 0 amide bonds. The van der Waals surface area contributed by atoms with E-state index in [1.165, 1.54) is 30.3 Å². The molecule has 4 nitrogen and oxygen atoms in total. The predicted molar refractivity (Wildman–Crippen MR) is 90.8 cm³/mol. The Hall–Kier alpha value is -2.00. The van der Waals surface area contributed by atoms with Gasteiger partial charge in [-0.1, -0.05) is 47.5 Å². The summed E-state index contributed by atoms with van der Waals surface area (Å²) in [5.74, 6) is -0.546. The Morgan fingerprint density at radius 2 is 1.91 bits per heavy atom. The highest BCUT2D eigenvalue weighted by molar-refractivity contribution is 7.95. The van der Waals surface area contributed by atoms with E-state index in [0.29, 0.717) is 10.6 Å². The van der Waals surface area contributed by atoms with Gasteiger partial charge in [0.1, 0.15) is 16.7 Å². The van der Waals surface area contributed by atoms with Crippen molar-refractivity contribution >= 4 is 39.1 Å². The Kier molecular flexibility index (Phi) is 5.32. The Morgan fingerprint density at radius 1 is 1.22 bits per heavy atom. The number of nitriles is 1. The van der Waals surface area contributed by atoms with Gasteiger partial charge in [-0.25, -0.2) is 8.42 Å². The highest BCUT2D eigenvalue weighted by Crippen LogP contribution is 2.26. The topological polar surface area (TPSA) is 78.2 Å². The third kappa shape index (κ3) is 4.26. The molecule has 118 valence electrons. The summed E-state index contributed by atoms with van der Waals surface area (Å²) in [6, 6.07) is 12.3. The van der Waals surface area contributed by atoms with E-state index < -0.39 is 20.5 Å². The van der Waals surface area contributed by atoms with Crippen LogP contribution in [0.25, 0.3) is 6.08 Å². The first kappa shape index (κ1) is 17.4. The monoisotopic (exact) mass is 367 g/mol. The lowest BCUT2D eigenvalue weighted by Gasteiger charge is -2.06. The highest BCUT2D eigenvalue weighted by atomic mass is 35.5. The van der Waals surface area contributed by atoms with Gasteiger partial charge in [-0.2, -0.15) is 5.26 Å². The summed E-state index contributed by atoms with van der Waals surface area (Å²) in [4.78, 5) is -0.454. The van der Waals surface area contributed by atoms with Crippen LogP contribution in [-0.4, -0.2) is 13.5 Å². The Morgan fingerprint density at radius 3 is 2.52 bits per heavy atom. The quantitative estimate of drug-likeness (QED) is 0.822. The fraction of sp³-hybridized carbons (Fsp3) is 0.0625. The van der Waals surface area contributed by atoms with Gasteiger partial charge in [-0.3, -0.25) is 0 Å². The number of aromatic hydroxyl groups is 1. The van der Waals surface area contributed by atoms with Gasteiger partial charge in [-0.15, -0.1) is 0 Å². The molecule has 0 saturated carbocycles. The molecule has 0 aromatic heterocycles. The van der Waals surface area contributed by atoms with Crippen LogP contribution in [0.3, 0.4) is 0 Å². The van der Waals surface area contributed by atoms with Crippen molar-refractivity contribution in [2.45, 2.75) is 5.75 Å². The van der Waals surface area contributed by atoms with E-state index in [9.17, 15) is 18.8 Å². The summed E-state index contributed by atoms with van der Waals surface area (Å²) < 4.78 is 24.8. The van der Waals surface area contributed by atoms with Crippen molar-refractivity contribution in [3.05, 3.63) is 68.5 Å². The zero-order chi connectivity index (χ0) is 17.0. The van der Waals surface area contributed by atoms with Crippen LogP contribution in [0.15, 0.2) is 47.4 Å². The average Bonchev–Trinajstić information content (AvgIpc) is 2.49. The average molecular weight is 368 g/mol. The van der Waals surface area contributed by atoms with Crippen LogP contribution >= 0.6 is 23.2 Å². The molecule has 0 aliphatic rings. The molecule has 0 aliphatic carbocycles. The van der Waals surface area contributed by atoms with Gasteiger partial charge in [0, 0.05) is 15.6 Å². The van der Waals surface area contributed by atoms with Crippen LogP contribution < -0.4 is 0 Å². The third-order valence-electron chi connectivity index (χ3n) is 3.03. The summed E-state index contributed by atoms with van der Waals surface area (Å²) in [5, 5.41) is 19.5. The van der Waals surface area contributed by atoms with E-state index in [-0.39, 0.29) is 16.3 Å². The predicted octanol–water partition coefficient (Wildman–Crippen LogP) is 4.18. The zero-order valence-electron chi connectivity index (χ0n) is 11.7. The first-order valence-corrected chi connectivity index (χ1v) is 8.81. The molecule has 0 bridgehead atoms. The molecule has 0 fully saturated rings. The second-order valence-electron chi connectivity index (χ2n) is 4.67. The van der Waals surface area contributed by atoms with E-state index >= 15 is 0 Å². The SMILES string of the molecule is N#CC(=Cc1ccccc1O)S(=O)(=O)Cc1ccc(Cl)cc1Cl. The lowest BCUT2D eigenvalue weighted by Crippen LogP contribution is -2.07. The van der Waals surface area contributed by atoms with Crippen LogP contribution in [0.4, 0.5) is 0 Å². The number of phenols is 1. The van der Waals surface area contributed by atoms with Gasteiger partial charge in [-0.05, 0) is 29.8 Å². The van der Waals surface area contributed by atoms with Crippen molar-refractivity contribution in [2.75, 3.05) is 0 Å². The molecule has 2 aromatic rings. The second kappa shape index (κ2) is 7.05. The molecule has 23 heavy (non-hydrogen) atoms. The van der Waals surface area contributed by atoms with E-state index in [4.69, 9.17) is 23.2 Å². The molecule has 0 aliphatic heterocycles. The normalized spacial score (nSPS) is 12.0. The van der Waals surface area contributed by atoms with Crippen molar-refractivity contribution < 1.29 is 13.5 Å². The number of halogens is 2. The summed E-state index contributed by atoms with van der Waals surface area (Å²) >= 11 is 11.8. The number of phenolic OH excluding ortho intramolecular Hbond substituents is 1. The molecular weight excluding hydrogens is 357 g/mol. The maximum atomic E-state index is 12.4. The minimum Gasteiger partial charge on any atom is -0.507 e. The van der Waals surface area contributed by atoms with E-state index in [1.807, 2.05) is 0 Å². The van der Waals surface area contributed by atoms with Crippen LogP contribution in [0, 0.1) is 11.3 Å². The summed E-state index contributed by atoms with van der Waals surface area (Å²) in [6.45, 7) is 0. The number of hydrogen-bond acceptors (Lipinski definition) is 4. The first-order chi connectivity index (χ1) is 10.8. The number of nitrogens with zero attached hydrogens (tertiary/aromatic N) is 1. The van der Waals surface area contributed by atoms with Crippen molar-refractivity contribution in [1.82, 2.24) is 0 Å². The molecule has 2 rings (SSSR count). The molecule has 7 heteroatoms. The fourth-order valence-corrected chi connectivity index (χ4v) is 3.68. The van der Waals surface area contributed by atoms with Gasteiger partial charge < -0.3 is 5.11 Å². The first-order valence-electron chi connectivity index (χ1n) is 6.40. The number of hydrogen-bond donors (Lipinski definition) is 1. The summed E-state index contributed by atoms with van der Waals surface area (Å²) in [6.07, 6.45) is 1.13. The van der Waals surface area contributed by atoms with Gasteiger partial charge >= 0.3 is 0 Å². The highest BCUT2D eigenvalue weighted by Gasteiger charge is 2.20. The number of allylic oxidation sites excluding steroid dienone is 1. The van der Waals surface area contributed by atoms with Gasteiger partial charge in [0.05, 0.1) is 5.75 Å². The molecule has 1 N–H and O–H groups in total. The smallest absolute Gasteiger partial charge is 0.192 e. The van der Waals surface area contributed by atoms with E-state index in [2.05, 4.69) is 0 Å². The lowest BCUT2D eigenvalue weighted by atomic mass is 10.2. The van der Waals surface area contributed by atoms with Crippen LogP contribution in [0.5, 0.6) is 5.75 Å². The summed E-state index contributed by atoms with van der Waals surface area (Å²) in [5.41, 5.74) is 0.587. The molecular formula is C16H11Cl2NO3S. The van der Waals surface area contributed by atoms with E-state index in [0.717, 1.165) is 6.08 Å². The number of benzene rings is 2. The molecule has 0 unspecified atom stereocenters. The zero-order valence-corrected chi connectivity index (χ0v) is 14.0. The van der Waals surface area contributed by atoms with Gasteiger partial charge in [0.2, 0.25) is 0 Å². The molecule has 0 atom stereocenters. The molecule has 2 aromatic carbocycles. The minimum absolute atomic E-state index is 0.111. The molecule has 0 radical (unpaired) electrons. The fourth-order valence-electron chi connectivity index (χ4n) is 1.86. The van der Waals surface area contributed by atoms with Crippen LogP contribution in [0.2, 0.25) is 10.0 Å². The maximum absolute atomic E-state index is 12.4. The van der Waals surface area contributed by atoms with Crippen molar-refractivity contribution in [1.29, 1.82) is 5.26 Å². The Balaban J connectivity index is 2.41. The molecule has 0 spiro atoms. The summed E-state index contributed by atoms with van der Waals surface area (Å²) in [7, 11) is -3.91. The Labute approximate surface area is 144 Å². The number of sulfone groups is 1. The molecule has 0 saturated heterocycles. The standard InChI is InChI=1S/C16H11Cl2NO3S/c17-13-6-5-12(15(18)8-13)10-23(21,22)14(9-19)7-11-3-1-2-4-16(11)20/h1-8,20H,10H2. The van der Waals surface area contributed by atoms with Crippen LogP contribution in [0.1, 0.15) is 11.1 Å². The maximum Gasteiger partial charge on any atom is 0.192 e. The second-order valence-corrected chi connectivity index (χ2v) is 7.48. The van der Waals surface area contributed by atoms with Gasteiger partial charge in [0.15, 0.2) is 9.84 Å². The minimum atomic E-state index is -3.91. The largest absolute Gasteiger partial charge is 0.507 e. The van der Waals surface area contributed by atoms with E-state index in [1.54, 1.807) is 18.2 Å². The van der Waals surface area contributed by atoms with Crippen molar-refractivity contribution in [2.24, 2.45) is 0 Å². The van der Waals surface area contributed by atoms with Crippen molar-refractivity contribution in [3.8, 4) is 11.8 Å². The lowest BCUT2D eigenvalue weighted by molar-refractivity contribution is 0.474. The van der Waals surface area contributed by atoms with Crippen molar-refractivity contribution in [3.63, 3.8) is 0 Å². The van der Waals surface area contributed by atoms with Crippen LogP contribution in [-0.2, 0) is 15.6 Å². The number of para-hydroxylation sites is 1. The molecule has 0 heterocycles. The number of rotatable bonds is 4. The third-order valence-corrected chi connectivity index (χ3v) is 5.19. The van der Waals surface area contributed by atoms with Gasteiger partial charge in [0.25, 0.3) is 0 Å².